The van der Waals surface area contributed by atoms with E-state index in [1.807, 2.05) is 50.2 Å². The zero-order chi connectivity index (χ0) is 19.6. The lowest BCUT2D eigenvalue weighted by Gasteiger charge is -2.11. The van der Waals surface area contributed by atoms with Gasteiger partial charge in [0.1, 0.15) is 5.75 Å². The summed E-state index contributed by atoms with van der Waals surface area (Å²) in [5.74, 6) is -0.0494. The Hall–Kier alpha value is -3.35. The zero-order valence-electron chi connectivity index (χ0n) is 15.7. The van der Waals surface area contributed by atoms with E-state index in [4.69, 9.17) is 4.74 Å². The van der Waals surface area contributed by atoms with E-state index in [0.29, 0.717) is 17.9 Å². The Morgan fingerprint density at radius 1 is 1.07 bits per heavy atom. The third kappa shape index (κ3) is 6.47. The monoisotopic (exact) mass is 368 g/mol. The van der Waals surface area contributed by atoms with Gasteiger partial charge in [-0.15, -0.1) is 0 Å². The first-order chi connectivity index (χ1) is 13.0. The SMILES string of the molecule is CCOc1ccc(C(=O)NCC(=O)N/N=C\c2ccc(N(C)C)cc2)cc1. The predicted molar refractivity (Wildman–Crippen MR) is 106 cm³/mol. The molecule has 0 bridgehead atoms. The second kappa shape index (κ2) is 9.96. The van der Waals surface area contributed by atoms with Gasteiger partial charge in [-0.3, -0.25) is 9.59 Å². The predicted octanol–water partition coefficient (Wildman–Crippen LogP) is 2.03. The number of rotatable bonds is 8. The first kappa shape index (κ1) is 20.0. The van der Waals surface area contributed by atoms with Crippen molar-refractivity contribution in [2.45, 2.75) is 6.92 Å². The van der Waals surface area contributed by atoms with E-state index in [0.717, 1.165) is 11.3 Å². The number of carbonyl (C=O) groups is 2. The third-order valence-corrected chi connectivity index (χ3v) is 3.65. The molecule has 0 heterocycles. The van der Waals surface area contributed by atoms with Crippen LogP contribution in [0.1, 0.15) is 22.8 Å². The second-order valence-corrected chi connectivity index (χ2v) is 5.92. The molecule has 0 saturated carbocycles. The molecule has 2 rings (SSSR count). The molecule has 0 aromatic heterocycles. The molecule has 2 amide bonds. The number of ether oxygens (including phenoxy) is 1. The number of anilines is 1. The molecule has 0 aliphatic heterocycles. The quantitative estimate of drug-likeness (QED) is 0.552. The largest absolute Gasteiger partial charge is 0.494 e. The minimum atomic E-state index is -0.407. The summed E-state index contributed by atoms with van der Waals surface area (Å²) in [4.78, 5) is 25.8. The Bertz CT molecular complexity index is 784. The van der Waals surface area contributed by atoms with Crippen molar-refractivity contribution in [3.05, 3.63) is 59.7 Å². The van der Waals surface area contributed by atoms with Crippen LogP contribution in [0.2, 0.25) is 0 Å². The van der Waals surface area contributed by atoms with Gasteiger partial charge in [0.25, 0.3) is 11.8 Å². The highest BCUT2D eigenvalue weighted by atomic mass is 16.5. The minimum Gasteiger partial charge on any atom is -0.494 e. The van der Waals surface area contributed by atoms with Crippen molar-refractivity contribution in [2.24, 2.45) is 5.10 Å². The van der Waals surface area contributed by atoms with Gasteiger partial charge in [0.15, 0.2) is 0 Å². The van der Waals surface area contributed by atoms with Gasteiger partial charge in [0, 0.05) is 25.3 Å². The summed E-state index contributed by atoms with van der Waals surface area (Å²) < 4.78 is 5.32. The van der Waals surface area contributed by atoms with Crippen molar-refractivity contribution in [1.82, 2.24) is 10.7 Å². The number of benzene rings is 2. The van der Waals surface area contributed by atoms with Crippen molar-refractivity contribution in [3.63, 3.8) is 0 Å². The number of hydrogen-bond acceptors (Lipinski definition) is 5. The summed E-state index contributed by atoms with van der Waals surface area (Å²) in [6.45, 7) is 2.29. The van der Waals surface area contributed by atoms with Crippen molar-refractivity contribution in [2.75, 3.05) is 32.1 Å². The summed E-state index contributed by atoms with van der Waals surface area (Å²) >= 11 is 0. The number of hydrazone groups is 1. The Morgan fingerprint density at radius 2 is 1.74 bits per heavy atom. The average molecular weight is 368 g/mol. The van der Waals surface area contributed by atoms with E-state index in [9.17, 15) is 9.59 Å². The van der Waals surface area contributed by atoms with Crippen LogP contribution in [0, 0.1) is 0 Å². The molecule has 0 saturated heterocycles. The lowest BCUT2D eigenvalue weighted by atomic mass is 10.2. The van der Waals surface area contributed by atoms with Crippen LogP contribution >= 0.6 is 0 Å². The molecule has 0 radical (unpaired) electrons. The molecule has 7 nitrogen and oxygen atoms in total. The summed E-state index contributed by atoms with van der Waals surface area (Å²) in [6, 6.07) is 14.4. The summed E-state index contributed by atoms with van der Waals surface area (Å²) in [5, 5.41) is 6.44. The molecule has 0 unspecified atom stereocenters. The zero-order valence-corrected chi connectivity index (χ0v) is 15.7. The van der Waals surface area contributed by atoms with E-state index in [2.05, 4.69) is 15.8 Å². The van der Waals surface area contributed by atoms with E-state index in [1.165, 1.54) is 0 Å². The molecular formula is C20H24N4O3. The fraction of sp³-hybridized carbons (Fsp3) is 0.250. The van der Waals surface area contributed by atoms with E-state index in [-0.39, 0.29) is 12.5 Å². The van der Waals surface area contributed by atoms with Gasteiger partial charge < -0.3 is 15.0 Å². The minimum absolute atomic E-state index is 0.164. The number of carbonyl (C=O) groups excluding carboxylic acids is 2. The average Bonchev–Trinajstić information content (AvgIpc) is 2.67. The van der Waals surface area contributed by atoms with Crippen LogP contribution in [0.15, 0.2) is 53.6 Å². The molecule has 27 heavy (non-hydrogen) atoms. The van der Waals surface area contributed by atoms with Crippen molar-refractivity contribution in [1.29, 1.82) is 0 Å². The second-order valence-electron chi connectivity index (χ2n) is 5.92. The summed E-state index contributed by atoms with van der Waals surface area (Å²) in [7, 11) is 3.93. The smallest absolute Gasteiger partial charge is 0.259 e. The Kier molecular flexibility index (Phi) is 7.37. The molecule has 0 aliphatic carbocycles. The van der Waals surface area contributed by atoms with Gasteiger partial charge >= 0.3 is 0 Å². The van der Waals surface area contributed by atoms with Crippen LogP contribution in [0.4, 0.5) is 5.69 Å². The molecule has 2 N–H and O–H groups in total. The van der Waals surface area contributed by atoms with Crippen LogP contribution < -0.4 is 20.4 Å². The maximum Gasteiger partial charge on any atom is 0.259 e. The van der Waals surface area contributed by atoms with Gasteiger partial charge in [-0.25, -0.2) is 5.43 Å². The summed E-state index contributed by atoms with van der Waals surface area (Å²) in [6.07, 6.45) is 1.55. The van der Waals surface area contributed by atoms with Gasteiger partial charge in [-0.2, -0.15) is 5.10 Å². The van der Waals surface area contributed by atoms with E-state index < -0.39 is 5.91 Å². The van der Waals surface area contributed by atoms with Gasteiger partial charge in [-0.05, 0) is 48.9 Å². The molecule has 7 heteroatoms. The first-order valence-electron chi connectivity index (χ1n) is 8.60. The van der Waals surface area contributed by atoms with Crippen LogP contribution in [0.25, 0.3) is 0 Å². The lowest BCUT2D eigenvalue weighted by molar-refractivity contribution is -0.120. The van der Waals surface area contributed by atoms with Gasteiger partial charge in [0.2, 0.25) is 0 Å². The lowest BCUT2D eigenvalue weighted by Crippen LogP contribution is -2.34. The Labute approximate surface area is 159 Å². The summed E-state index contributed by atoms with van der Waals surface area (Å²) in [5.41, 5.74) is 4.78. The first-order valence-corrected chi connectivity index (χ1v) is 8.60. The van der Waals surface area contributed by atoms with Crippen molar-refractivity contribution in [3.8, 4) is 5.75 Å². The highest BCUT2D eigenvalue weighted by Gasteiger charge is 2.07. The van der Waals surface area contributed by atoms with Crippen LogP contribution in [0.5, 0.6) is 5.75 Å². The molecule has 0 fully saturated rings. The number of nitrogens with one attached hydrogen (secondary N) is 2. The molecule has 0 aliphatic rings. The molecule has 0 spiro atoms. The van der Waals surface area contributed by atoms with E-state index >= 15 is 0 Å². The van der Waals surface area contributed by atoms with Crippen LogP contribution in [-0.2, 0) is 4.79 Å². The molecular weight excluding hydrogens is 344 g/mol. The van der Waals surface area contributed by atoms with Gasteiger partial charge in [-0.1, -0.05) is 12.1 Å². The topological polar surface area (TPSA) is 83.0 Å². The molecule has 142 valence electrons. The van der Waals surface area contributed by atoms with Crippen LogP contribution in [-0.4, -0.2) is 45.3 Å². The van der Waals surface area contributed by atoms with Crippen LogP contribution in [0.3, 0.4) is 0 Å². The molecule has 2 aromatic carbocycles. The maximum absolute atomic E-state index is 12.0. The van der Waals surface area contributed by atoms with Crippen molar-refractivity contribution < 1.29 is 14.3 Å². The normalized spacial score (nSPS) is 10.5. The Morgan fingerprint density at radius 3 is 2.33 bits per heavy atom. The standard InChI is InChI=1S/C20H24N4O3/c1-4-27-18-11-7-16(8-12-18)20(26)21-14-19(25)23-22-13-15-5-9-17(10-6-15)24(2)3/h5-13H,4,14H2,1-3H3,(H,21,26)(H,23,25)/b22-13-. The molecule has 2 aromatic rings. The van der Waals surface area contributed by atoms with Crippen molar-refractivity contribution >= 4 is 23.7 Å². The Balaban J connectivity index is 1.77. The number of nitrogens with zero attached hydrogens (tertiary/aromatic N) is 2. The number of amides is 2. The highest BCUT2D eigenvalue weighted by molar-refractivity contribution is 5.96. The molecule has 0 atom stereocenters. The van der Waals surface area contributed by atoms with Gasteiger partial charge in [0.05, 0.1) is 19.4 Å². The fourth-order valence-electron chi connectivity index (χ4n) is 2.21. The van der Waals surface area contributed by atoms with E-state index in [1.54, 1.807) is 30.5 Å². The fourth-order valence-corrected chi connectivity index (χ4v) is 2.21. The highest BCUT2D eigenvalue weighted by Crippen LogP contribution is 2.12. The maximum atomic E-state index is 12.0. The number of hydrogen-bond donors (Lipinski definition) is 2. The third-order valence-electron chi connectivity index (χ3n) is 3.65.